The van der Waals surface area contributed by atoms with Gasteiger partial charge in [0.25, 0.3) is 0 Å². The highest BCUT2D eigenvalue weighted by atomic mass is 16.5. The number of rotatable bonds is 8. The number of hydrogen-bond donors (Lipinski definition) is 3. The smallest absolute Gasteiger partial charge is 0.362 e. The zero-order chi connectivity index (χ0) is 24.1. The first-order valence-corrected chi connectivity index (χ1v) is 9.63. The van der Waals surface area contributed by atoms with Crippen LogP contribution in [0.4, 0.5) is 0 Å². The van der Waals surface area contributed by atoms with Crippen molar-refractivity contribution in [1.29, 1.82) is 0 Å². The van der Waals surface area contributed by atoms with Crippen molar-refractivity contribution in [3.8, 4) is 0 Å². The summed E-state index contributed by atoms with van der Waals surface area (Å²) in [5.41, 5.74) is 0.432. The van der Waals surface area contributed by atoms with Gasteiger partial charge in [0, 0.05) is 5.56 Å². The molecule has 0 saturated heterocycles. The number of Topliss-reactive ketones (excluding diaryl/α,β-unsaturated/α-hetero) is 1. The first kappa shape index (κ1) is 26.0. The Balaban J connectivity index is 0.000000320. The summed E-state index contributed by atoms with van der Waals surface area (Å²) in [5, 5.41) is 32.3. The van der Waals surface area contributed by atoms with Gasteiger partial charge in [-0.1, -0.05) is 54.6 Å². The highest BCUT2D eigenvalue weighted by Crippen LogP contribution is 2.21. The highest BCUT2D eigenvalue weighted by molar-refractivity contribution is 6.15. The van der Waals surface area contributed by atoms with Gasteiger partial charge in [-0.15, -0.1) is 4.91 Å². The number of esters is 1. The second kappa shape index (κ2) is 13.3. The van der Waals surface area contributed by atoms with E-state index in [4.69, 9.17) is 10.3 Å². The summed E-state index contributed by atoms with van der Waals surface area (Å²) in [6.07, 6.45) is 6.73. The van der Waals surface area contributed by atoms with E-state index in [0.29, 0.717) is 12.0 Å². The maximum atomic E-state index is 11.7. The molecule has 0 amide bonds. The van der Waals surface area contributed by atoms with Crippen molar-refractivity contribution in [2.45, 2.75) is 26.7 Å². The summed E-state index contributed by atoms with van der Waals surface area (Å²) >= 11 is 0. The number of benzene rings is 1. The molecule has 0 radical (unpaired) electrons. The fourth-order valence-corrected chi connectivity index (χ4v) is 2.73. The number of carboxylic acids is 1. The third kappa shape index (κ3) is 7.31. The number of aliphatic hydroxyl groups excluding tert-OH is 1. The van der Waals surface area contributed by atoms with Crippen LogP contribution in [0.25, 0.3) is 5.76 Å². The fourth-order valence-electron chi connectivity index (χ4n) is 2.73. The summed E-state index contributed by atoms with van der Waals surface area (Å²) in [4.78, 5) is 43.7. The SMILES string of the molecule is CCOC(=O)CC(=O)C1C=CC=CC1=NO.CCc1ccccc1C(O)=C(N=O)C(=O)O. The third-order valence-electron chi connectivity index (χ3n) is 4.26. The Hall–Kier alpha value is -4.08. The molecule has 1 unspecified atom stereocenters. The lowest BCUT2D eigenvalue weighted by molar-refractivity contribution is -0.145. The van der Waals surface area contributed by atoms with E-state index in [1.807, 2.05) is 6.92 Å². The number of carbonyl (C=O) groups is 3. The van der Waals surface area contributed by atoms with E-state index < -0.39 is 29.3 Å². The van der Waals surface area contributed by atoms with Gasteiger partial charge in [0.05, 0.1) is 18.2 Å². The molecule has 2 rings (SSSR count). The van der Waals surface area contributed by atoms with Crippen molar-refractivity contribution in [3.63, 3.8) is 0 Å². The predicted octanol–water partition coefficient (Wildman–Crippen LogP) is 3.41. The highest BCUT2D eigenvalue weighted by Gasteiger charge is 2.24. The molecule has 1 aliphatic rings. The van der Waals surface area contributed by atoms with Crippen LogP contribution in [-0.4, -0.2) is 45.5 Å². The number of ether oxygens (including phenoxy) is 1. The van der Waals surface area contributed by atoms with E-state index in [1.54, 1.807) is 49.4 Å². The molecular weight excluding hydrogens is 420 g/mol. The summed E-state index contributed by atoms with van der Waals surface area (Å²) < 4.78 is 4.67. The number of carboxylic acid groups (broad SMARTS) is 1. The minimum absolute atomic E-state index is 0.233. The molecule has 0 heterocycles. The van der Waals surface area contributed by atoms with Gasteiger partial charge < -0.3 is 20.2 Å². The normalized spacial score (nSPS) is 16.4. The van der Waals surface area contributed by atoms with Crippen LogP contribution in [0.1, 0.15) is 31.4 Å². The molecule has 0 aromatic heterocycles. The number of nitroso groups, excluding NO2 is 1. The number of aryl methyl sites for hydroxylation is 1. The molecule has 0 bridgehead atoms. The molecule has 32 heavy (non-hydrogen) atoms. The quantitative estimate of drug-likeness (QED) is 0.104. The Labute approximate surface area is 184 Å². The summed E-state index contributed by atoms with van der Waals surface area (Å²) in [6.45, 7) is 3.78. The van der Waals surface area contributed by atoms with E-state index in [9.17, 15) is 24.4 Å². The zero-order valence-corrected chi connectivity index (χ0v) is 17.6. The average molecular weight is 444 g/mol. The van der Waals surface area contributed by atoms with Gasteiger partial charge in [-0.05, 0) is 30.2 Å². The van der Waals surface area contributed by atoms with Gasteiger partial charge in [0.2, 0.25) is 5.70 Å². The van der Waals surface area contributed by atoms with E-state index in [1.165, 1.54) is 6.08 Å². The van der Waals surface area contributed by atoms with Gasteiger partial charge >= 0.3 is 11.9 Å². The zero-order valence-electron chi connectivity index (χ0n) is 17.6. The van der Waals surface area contributed by atoms with Crippen molar-refractivity contribution in [2.24, 2.45) is 16.3 Å². The van der Waals surface area contributed by atoms with Crippen LogP contribution in [0.3, 0.4) is 0 Å². The van der Waals surface area contributed by atoms with Gasteiger partial charge in [-0.3, -0.25) is 9.59 Å². The molecule has 0 spiro atoms. The molecule has 1 aromatic rings. The summed E-state index contributed by atoms with van der Waals surface area (Å²) in [5.74, 6) is -3.71. The Morgan fingerprint density at radius 1 is 1.09 bits per heavy atom. The molecule has 10 heteroatoms. The van der Waals surface area contributed by atoms with Crippen LogP contribution >= 0.6 is 0 Å². The minimum atomic E-state index is -1.54. The van der Waals surface area contributed by atoms with Crippen molar-refractivity contribution in [1.82, 2.24) is 0 Å². The Morgan fingerprint density at radius 2 is 1.78 bits per heavy atom. The van der Waals surface area contributed by atoms with E-state index in [2.05, 4.69) is 15.1 Å². The largest absolute Gasteiger partial charge is 0.505 e. The molecule has 3 N–H and O–H groups in total. The van der Waals surface area contributed by atoms with Gasteiger partial charge in [0.1, 0.15) is 6.42 Å². The molecule has 0 fully saturated rings. The molecule has 0 saturated carbocycles. The van der Waals surface area contributed by atoms with Crippen LogP contribution in [0.5, 0.6) is 0 Å². The van der Waals surface area contributed by atoms with Gasteiger partial charge in [0.15, 0.2) is 11.5 Å². The lowest BCUT2D eigenvalue weighted by Crippen LogP contribution is -2.25. The van der Waals surface area contributed by atoms with E-state index in [-0.39, 0.29) is 24.5 Å². The Bertz CT molecular complexity index is 976. The number of carbonyl (C=O) groups excluding carboxylic acids is 2. The molecule has 1 aromatic carbocycles. The molecule has 1 aliphatic carbocycles. The minimum Gasteiger partial charge on any atom is -0.505 e. The molecule has 170 valence electrons. The lowest BCUT2D eigenvalue weighted by atomic mass is 9.92. The molecule has 0 aliphatic heterocycles. The fraction of sp³-hybridized carbons (Fsp3) is 0.273. The van der Waals surface area contributed by atoms with Crippen LogP contribution in [0.15, 0.2) is 64.6 Å². The van der Waals surface area contributed by atoms with Crippen LogP contribution in [0, 0.1) is 10.8 Å². The van der Waals surface area contributed by atoms with Crippen LogP contribution < -0.4 is 0 Å². The number of nitrogens with zero attached hydrogens (tertiary/aromatic N) is 2. The number of ketones is 1. The molecule has 10 nitrogen and oxygen atoms in total. The average Bonchev–Trinajstić information content (AvgIpc) is 2.79. The monoisotopic (exact) mass is 444 g/mol. The first-order valence-electron chi connectivity index (χ1n) is 9.63. The summed E-state index contributed by atoms with van der Waals surface area (Å²) in [6, 6.07) is 6.71. The van der Waals surface area contributed by atoms with E-state index >= 15 is 0 Å². The first-order chi connectivity index (χ1) is 15.3. The van der Waals surface area contributed by atoms with Crippen molar-refractivity contribution in [2.75, 3.05) is 6.61 Å². The maximum Gasteiger partial charge on any atom is 0.362 e. The number of aliphatic carboxylic acids is 1. The standard InChI is InChI=1S/C11H13NO4.C11H11NO4/c1-2-16-11(14)7-10(13)8-5-3-4-6-9(8)12-15;1-2-7-5-3-4-6-8(7)10(13)9(12-16)11(14)15/h3-6,8,15H,2,7H2,1H3;3-6,13H,2H2,1H3,(H,14,15). The van der Waals surface area contributed by atoms with Crippen LogP contribution in [-0.2, 0) is 25.5 Å². The van der Waals surface area contributed by atoms with Gasteiger partial charge in [-0.25, -0.2) is 4.79 Å². The number of hydrogen-bond acceptors (Lipinski definition) is 9. The molecular formula is C22H24N2O8. The number of allylic oxidation sites excluding steroid dienone is 4. The maximum absolute atomic E-state index is 11.7. The van der Waals surface area contributed by atoms with Gasteiger partial charge in [-0.2, -0.15) is 0 Å². The van der Waals surface area contributed by atoms with E-state index in [0.717, 1.165) is 5.56 Å². The Kier molecular flexibility index (Phi) is 10.8. The van der Waals surface area contributed by atoms with Crippen molar-refractivity contribution in [3.05, 3.63) is 70.3 Å². The summed E-state index contributed by atoms with van der Waals surface area (Å²) in [7, 11) is 0. The number of oxime groups is 1. The van der Waals surface area contributed by atoms with Crippen LogP contribution in [0.2, 0.25) is 0 Å². The number of aliphatic hydroxyl groups is 1. The third-order valence-corrected chi connectivity index (χ3v) is 4.26. The van der Waals surface area contributed by atoms with Crippen molar-refractivity contribution >= 4 is 29.2 Å². The van der Waals surface area contributed by atoms with Crippen molar-refractivity contribution < 1.29 is 34.5 Å². The lowest BCUT2D eigenvalue weighted by Gasteiger charge is -2.12. The topological polar surface area (TPSA) is 163 Å². The second-order valence-corrected chi connectivity index (χ2v) is 6.30. The predicted molar refractivity (Wildman–Crippen MR) is 116 cm³/mol. The molecule has 1 atom stereocenters. The Morgan fingerprint density at radius 3 is 2.34 bits per heavy atom. The second-order valence-electron chi connectivity index (χ2n) is 6.30.